The first-order valence-electron chi connectivity index (χ1n) is 9.16. The van der Waals surface area contributed by atoms with Gasteiger partial charge in [-0.05, 0) is 49.1 Å². The predicted molar refractivity (Wildman–Crippen MR) is 104 cm³/mol. The van der Waals surface area contributed by atoms with Gasteiger partial charge in [0, 0.05) is 30.5 Å². The molecule has 2 aromatic carbocycles. The van der Waals surface area contributed by atoms with Gasteiger partial charge in [0.15, 0.2) is 0 Å². The molecule has 0 bridgehead atoms. The smallest absolute Gasteiger partial charge is 0.222 e. The number of amides is 1. The molecule has 4 rings (SSSR count). The summed E-state index contributed by atoms with van der Waals surface area (Å²) in [6.45, 7) is 1.59. The van der Waals surface area contributed by atoms with Crippen molar-refractivity contribution in [2.24, 2.45) is 0 Å². The van der Waals surface area contributed by atoms with Gasteiger partial charge >= 0.3 is 0 Å². The number of aromatic amines is 1. The Kier molecular flexibility index (Phi) is 4.93. The summed E-state index contributed by atoms with van der Waals surface area (Å²) in [4.78, 5) is 22.8. The van der Waals surface area contributed by atoms with Crippen LogP contribution in [0.1, 0.15) is 36.6 Å². The molecule has 4 nitrogen and oxygen atoms in total. The van der Waals surface area contributed by atoms with Crippen LogP contribution in [0, 0.1) is 0 Å². The fraction of sp³-hybridized carbons (Fsp3) is 0.333. The summed E-state index contributed by atoms with van der Waals surface area (Å²) in [6, 6.07) is 15.8. The number of piperidine rings is 1. The van der Waals surface area contributed by atoms with Crippen molar-refractivity contribution in [2.45, 2.75) is 31.6 Å². The number of fused-ring (bicyclic) bond motifs is 1. The molecule has 2 heterocycles. The zero-order chi connectivity index (χ0) is 17.9. The summed E-state index contributed by atoms with van der Waals surface area (Å²) in [7, 11) is 0. The van der Waals surface area contributed by atoms with Gasteiger partial charge in [-0.25, -0.2) is 4.98 Å². The molecule has 1 aliphatic rings. The number of likely N-dealkylation sites (tertiary alicyclic amines) is 1. The van der Waals surface area contributed by atoms with E-state index in [0.717, 1.165) is 59.8 Å². The Morgan fingerprint density at radius 1 is 1.19 bits per heavy atom. The van der Waals surface area contributed by atoms with E-state index >= 15 is 0 Å². The van der Waals surface area contributed by atoms with Gasteiger partial charge in [-0.3, -0.25) is 4.79 Å². The molecule has 26 heavy (non-hydrogen) atoms. The lowest BCUT2D eigenvalue weighted by Crippen LogP contribution is -2.39. The maximum Gasteiger partial charge on any atom is 0.222 e. The number of nitrogens with one attached hydrogen (secondary N) is 1. The van der Waals surface area contributed by atoms with Crippen LogP contribution in [0.25, 0.3) is 11.0 Å². The van der Waals surface area contributed by atoms with Crippen LogP contribution >= 0.6 is 11.6 Å². The normalized spacial score (nSPS) is 17.6. The Labute approximate surface area is 158 Å². The second-order valence-corrected chi connectivity index (χ2v) is 7.38. The van der Waals surface area contributed by atoms with Crippen molar-refractivity contribution in [2.75, 3.05) is 13.1 Å². The van der Waals surface area contributed by atoms with Crippen LogP contribution in [0.5, 0.6) is 0 Å². The second-order valence-electron chi connectivity index (χ2n) is 6.94. The molecule has 1 fully saturated rings. The summed E-state index contributed by atoms with van der Waals surface area (Å²) in [6.07, 6.45) is 3.38. The molecular formula is C21H22ClN3O. The highest BCUT2D eigenvalue weighted by Crippen LogP contribution is 2.27. The molecule has 5 heteroatoms. The number of halogens is 1. The van der Waals surface area contributed by atoms with Crippen LogP contribution < -0.4 is 0 Å². The fourth-order valence-electron chi connectivity index (χ4n) is 3.65. The van der Waals surface area contributed by atoms with Gasteiger partial charge < -0.3 is 9.88 Å². The first kappa shape index (κ1) is 17.1. The number of aryl methyl sites for hydroxylation is 1. The molecule has 1 unspecified atom stereocenters. The van der Waals surface area contributed by atoms with Gasteiger partial charge in [0.1, 0.15) is 5.82 Å². The molecule has 1 aromatic heterocycles. The van der Waals surface area contributed by atoms with E-state index in [1.165, 1.54) is 0 Å². The van der Waals surface area contributed by atoms with Crippen LogP contribution in [0.3, 0.4) is 0 Å². The highest BCUT2D eigenvalue weighted by Gasteiger charge is 2.26. The zero-order valence-corrected chi connectivity index (χ0v) is 15.4. The predicted octanol–water partition coefficient (Wildman–Crippen LogP) is 4.56. The first-order valence-corrected chi connectivity index (χ1v) is 9.54. The molecule has 134 valence electrons. The largest absolute Gasteiger partial charge is 0.342 e. The Hall–Kier alpha value is -2.33. The lowest BCUT2D eigenvalue weighted by molar-refractivity contribution is -0.132. The van der Waals surface area contributed by atoms with Crippen LogP contribution in [0.15, 0.2) is 48.5 Å². The number of H-pyrrole nitrogens is 1. The maximum atomic E-state index is 12.7. The van der Waals surface area contributed by atoms with Crippen molar-refractivity contribution in [1.29, 1.82) is 0 Å². The molecule has 0 aliphatic carbocycles. The summed E-state index contributed by atoms with van der Waals surface area (Å²) < 4.78 is 0. The Morgan fingerprint density at radius 2 is 2.00 bits per heavy atom. The molecule has 1 atom stereocenters. The number of aromatic nitrogens is 2. The van der Waals surface area contributed by atoms with Crippen molar-refractivity contribution in [3.63, 3.8) is 0 Å². The highest BCUT2D eigenvalue weighted by molar-refractivity contribution is 6.30. The van der Waals surface area contributed by atoms with E-state index in [9.17, 15) is 4.79 Å². The van der Waals surface area contributed by atoms with Gasteiger partial charge in [0.05, 0.1) is 11.0 Å². The topological polar surface area (TPSA) is 49.0 Å². The molecule has 3 aromatic rings. The number of imidazole rings is 1. The van der Waals surface area contributed by atoms with Crippen molar-refractivity contribution < 1.29 is 4.79 Å². The minimum absolute atomic E-state index is 0.223. The molecule has 0 radical (unpaired) electrons. The van der Waals surface area contributed by atoms with Crippen LogP contribution in [0.2, 0.25) is 5.02 Å². The minimum atomic E-state index is 0.223. The Morgan fingerprint density at radius 3 is 2.81 bits per heavy atom. The number of rotatable bonds is 4. The van der Waals surface area contributed by atoms with Crippen LogP contribution in [-0.2, 0) is 11.2 Å². The van der Waals surface area contributed by atoms with E-state index in [-0.39, 0.29) is 11.8 Å². The third-order valence-electron chi connectivity index (χ3n) is 5.11. The van der Waals surface area contributed by atoms with E-state index in [1.807, 2.05) is 53.4 Å². The zero-order valence-electron chi connectivity index (χ0n) is 14.6. The quantitative estimate of drug-likeness (QED) is 0.735. The second kappa shape index (κ2) is 7.50. The molecule has 0 spiro atoms. The standard InChI is InChI=1S/C21H22ClN3O/c22-17-10-7-15(8-11-17)9-12-20(26)25-13-3-4-16(14-25)21-23-18-5-1-2-6-19(18)24-21/h1-2,5-8,10-11,16H,3-4,9,12-14H2,(H,23,24). The Balaban J connectivity index is 1.39. The lowest BCUT2D eigenvalue weighted by atomic mass is 9.97. The summed E-state index contributed by atoms with van der Waals surface area (Å²) >= 11 is 5.92. The van der Waals surface area contributed by atoms with Gasteiger partial charge in [0.25, 0.3) is 0 Å². The molecule has 1 saturated heterocycles. The molecule has 0 saturated carbocycles. The molecule has 1 amide bonds. The minimum Gasteiger partial charge on any atom is -0.342 e. The van der Waals surface area contributed by atoms with Crippen LogP contribution in [-0.4, -0.2) is 33.9 Å². The van der Waals surface area contributed by atoms with Crippen LogP contribution in [0.4, 0.5) is 0 Å². The van der Waals surface area contributed by atoms with Crippen molar-refractivity contribution in [3.05, 3.63) is 64.9 Å². The van der Waals surface area contributed by atoms with Crippen molar-refractivity contribution in [3.8, 4) is 0 Å². The molecule has 1 aliphatic heterocycles. The molecule has 1 N–H and O–H groups in total. The van der Waals surface area contributed by atoms with E-state index in [4.69, 9.17) is 16.6 Å². The van der Waals surface area contributed by atoms with E-state index in [2.05, 4.69) is 4.98 Å². The summed E-state index contributed by atoms with van der Waals surface area (Å²) in [5.74, 6) is 1.51. The molecular weight excluding hydrogens is 346 g/mol. The summed E-state index contributed by atoms with van der Waals surface area (Å²) in [5, 5.41) is 0.727. The number of para-hydroxylation sites is 2. The fourth-order valence-corrected chi connectivity index (χ4v) is 3.78. The number of hydrogen-bond donors (Lipinski definition) is 1. The van der Waals surface area contributed by atoms with Gasteiger partial charge in [-0.1, -0.05) is 35.9 Å². The van der Waals surface area contributed by atoms with E-state index < -0.39 is 0 Å². The summed E-state index contributed by atoms with van der Waals surface area (Å²) in [5.41, 5.74) is 3.20. The SMILES string of the molecule is O=C(CCc1ccc(Cl)cc1)N1CCCC(c2nc3ccccc3[nH]2)C1. The number of carbonyl (C=O) groups is 1. The third-order valence-corrected chi connectivity index (χ3v) is 5.36. The first-order chi connectivity index (χ1) is 12.7. The Bertz CT molecular complexity index is 870. The number of benzene rings is 2. The number of hydrogen-bond acceptors (Lipinski definition) is 2. The van der Waals surface area contributed by atoms with Crippen molar-refractivity contribution in [1.82, 2.24) is 14.9 Å². The van der Waals surface area contributed by atoms with Gasteiger partial charge in [0.2, 0.25) is 5.91 Å². The van der Waals surface area contributed by atoms with Crippen molar-refractivity contribution >= 4 is 28.5 Å². The average Bonchev–Trinajstić information content (AvgIpc) is 3.12. The van der Waals surface area contributed by atoms with E-state index in [1.54, 1.807) is 0 Å². The highest BCUT2D eigenvalue weighted by atomic mass is 35.5. The third kappa shape index (κ3) is 3.75. The van der Waals surface area contributed by atoms with Gasteiger partial charge in [-0.15, -0.1) is 0 Å². The monoisotopic (exact) mass is 367 g/mol. The van der Waals surface area contributed by atoms with E-state index in [0.29, 0.717) is 6.42 Å². The van der Waals surface area contributed by atoms with Gasteiger partial charge in [-0.2, -0.15) is 0 Å². The number of carbonyl (C=O) groups excluding carboxylic acids is 1. The average molecular weight is 368 g/mol. The number of nitrogens with zero attached hydrogens (tertiary/aromatic N) is 2. The maximum absolute atomic E-state index is 12.7. The lowest BCUT2D eigenvalue weighted by Gasteiger charge is -2.32.